The molecule has 116 valence electrons. The Morgan fingerprint density at radius 1 is 1.22 bits per heavy atom. The topological polar surface area (TPSA) is 58.7 Å². The molecule has 2 aliphatic heterocycles. The minimum absolute atomic E-state index is 0.116. The number of fused-ring (bicyclic) bond motifs is 2. The summed E-state index contributed by atoms with van der Waals surface area (Å²) < 4.78 is 1.02. The van der Waals surface area contributed by atoms with E-state index in [1.807, 2.05) is 30.3 Å². The Bertz CT molecular complexity index is 803. The number of hydrogen-bond donors (Lipinski definition) is 1. The van der Waals surface area contributed by atoms with Crippen molar-refractivity contribution >= 4 is 33.4 Å². The van der Waals surface area contributed by atoms with Crippen molar-refractivity contribution in [2.45, 2.75) is 24.9 Å². The minimum Gasteiger partial charge on any atom is -0.368 e. The van der Waals surface area contributed by atoms with Crippen molar-refractivity contribution in [2.24, 2.45) is 10.7 Å². The summed E-state index contributed by atoms with van der Waals surface area (Å²) in [4.78, 5) is 18.8. The van der Waals surface area contributed by atoms with Crippen molar-refractivity contribution in [1.29, 1.82) is 0 Å². The average molecular weight is 370 g/mol. The molecule has 1 fully saturated rings. The number of halogens is 1. The molecule has 2 aromatic rings. The van der Waals surface area contributed by atoms with Gasteiger partial charge in [-0.15, -0.1) is 0 Å². The van der Waals surface area contributed by atoms with Gasteiger partial charge in [0.2, 0.25) is 5.91 Å². The van der Waals surface area contributed by atoms with Crippen LogP contribution < -0.4 is 5.73 Å². The molecule has 2 heterocycles. The quantitative estimate of drug-likeness (QED) is 0.882. The lowest BCUT2D eigenvalue weighted by Gasteiger charge is -2.29. The molecule has 0 spiro atoms. The van der Waals surface area contributed by atoms with E-state index in [2.05, 4.69) is 39.0 Å². The molecular weight excluding hydrogens is 354 g/mol. The van der Waals surface area contributed by atoms with Crippen molar-refractivity contribution in [3.63, 3.8) is 0 Å². The van der Waals surface area contributed by atoms with E-state index in [1.54, 1.807) is 0 Å². The molecule has 4 rings (SSSR count). The molecule has 23 heavy (non-hydrogen) atoms. The van der Waals surface area contributed by atoms with Crippen LogP contribution in [-0.2, 0) is 11.3 Å². The zero-order chi connectivity index (χ0) is 16.0. The Balaban J connectivity index is 1.82. The van der Waals surface area contributed by atoms with Gasteiger partial charge in [-0.2, -0.15) is 0 Å². The molecule has 0 aromatic heterocycles. The van der Waals surface area contributed by atoms with Gasteiger partial charge < -0.3 is 10.6 Å². The van der Waals surface area contributed by atoms with Gasteiger partial charge in [-0.05, 0) is 35.7 Å². The van der Waals surface area contributed by atoms with Gasteiger partial charge in [-0.3, -0.25) is 4.79 Å². The smallest absolute Gasteiger partial charge is 0.240 e. The second-order valence-corrected chi connectivity index (χ2v) is 6.90. The summed E-state index contributed by atoms with van der Waals surface area (Å²) in [5.74, 6) is 0.787. The first kappa shape index (κ1) is 14.5. The van der Waals surface area contributed by atoms with Crippen LogP contribution in [0.15, 0.2) is 58.0 Å². The number of carbonyl (C=O) groups excluding carboxylic acids is 1. The van der Waals surface area contributed by atoms with Crippen LogP contribution in [0.25, 0.3) is 0 Å². The molecule has 0 bridgehead atoms. The predicted molar refractivity (Wildman–Crippen MR) is 93.6 cm³/mol. The Morgan fingerprint density at radius 3 is 2.74 bits per heavy atom. The van der Waals surface area contributed by atoms with E-state index >= 15 is 0 Å². The van der Waals surface area contributed by atoms with Crippen molar-refractivity contribution in [2.75, 3.05) is 0 Å². The molecule has 2 aromatic carbocycles. The third-order valence-electron chi connectivity index (χ3n) is 4.59. The molecule has 2 aliphatic rings. The van der Waals surface area contributed by atoms with Gasteiger partial charge >= 0.3 is 0 Å². The first-order valence-corrected chi connectivity index (χ1v) is 8.40. The van der Waals surface area contributed by atoms with Gasteiger partial charge in [0.1, 0.15) is 11.9 Å². The van der Waals surface area contributed by atoms with E-state index in [-0.39, 0.29) is 17.9 Å². The number of nitrogens with zero attached hydrogens (tertiary/aromatic N) is 2. The van der Waals surface area contributed by atoms with Crippen LogP contribution in [0.1, 0.15) is 23.5 Å². The summed E-state index contributed by atoms with van der Waals surface area (Å²) in [7, 11) is 0. The van der Waals surface area contributed by atoms with Gasteiger partial charge in [-0.1, -0.05) is 46.3 Å². The lowest BCUT2D eigenvalue weighted by molar-refractivity contribution is -0.121. The summed E-state index contributed by atoms with van der Waals surface area (Å²) in [6.07, 6.45) is 0.688. The highest BCUT2D eigenvalue weighted by Gasteiger charge is 2.42. The molecular formula is C18H16BrN3O. The SMILES string of the molecule is NC(=O)[C@@H]1CC(c2ccccc2)C2=Nc3ccc(Br)cc3CN21. The zero-order valence-corrected chi connectivity index (χ0v) is 14.0. The summed E-state index contributed by atoms with van der Waals surface area (Å²) in [5, 5.41) is 0. The number of rotatable bonds is 2. The Morgan fingerprint density at radius 2 is 2.00 bits per heavy atom. The lowest BCUT2D eigenvalue weighted by atomic mass is 9.95. The number of hydrogen-bond acceptors (Lipinski definition) is 3. The first-order chi connectivity index (χ1) is 11.1. The first-order valence-electron chi connectivity index (χ1n) is 7.61. The number of aliphatic imine (C=N–C) groups is 1. The van der Waals surface area contributed by atoms with E-state index in [0.29, 0.717) is 13.0 Å². The summed E-state index contributed by atoms with van der Waals surface area (Å²) in [6, 6.07) is 16.0. The van der Waals surface area contributed by atoms with Crippen LogP contribution in [0.3, 0.4) is 0 Å². The molecule has 0 saturated carbocycles. The highest BCUT2D eigenvalue weighted by molar-refractivity contribution is 9.10. The maximum atomic E-state index is 11.9. The minimum atomic E-state index is -0.300. The van der Waals surface area contributed by atoms with Crippen LogP contribution in [0.2, 0.25) is 0 Å². The van der Waals surface area contributed by atoms with Crippen molar-refractivity contribution in [3.05, 3.63) is 64.1 Å². The number of amides is 1. The monoisotopic (exact) mass is 369 g/mol. The fourth-order valence-corrected chi connectivity index (χ4v) is 3.89. The van der Waals surface area contributed by atoms with Gasteiger partial charge in [-0.25, -0.2) is 4.99 Å². The summed E-state index contributed by atoms with van der Waals surface area (Å²) >= 11 is 3.50. The van der Waals surface area contributed by atoms with Crippen LogP contribution in [0, 0.1) is 0 Å². The fourth-order valence-electron chi connectivity index (χ4n) is 3.49. The standard InChI is InChI=1S/C18H16BrN3O/c19-13-6-7-15-12(8-13)10-22-16(17(20)23)9-14(18(22)21-15)11-4-2-1-3-5-11/h1-8,14,16H,9-10H2,(H2,20,23)/t14?,16-/m0/s1. The lowest BCUT2D eigenvalue weighted by Crippen LogP contribution is -2.42. The molecule has 2 atom stereocenters. The largest absolute Gasteiger partial charge is 0.368 e. The molecule has 4 nitrogen and oxygen atoms in total. The second kappa shape index (κ2) is 5.49. The van der Waals surface area contributed by atoms with E-state index in [9.17, 15) is 4.79 Å². The van der Waals surface area contributed by atoms with E-state index in [1.165, 1.54) is 5.56 Å². The molecule has 5 heteroatoms. The molecule has 1 unspecified atom stereocenters. The van der Waals surface area contributed by atoms with Crippen LogP contribution in [-0.4, -0.2) is 22.7 Å². The molecule has 0 radical (unpaired) electrons. The Kier molecular flexibility index (Phi) is 3.45. The molecule has 2 N–H and O–H groups in total. The van der Waals surface area contributed by atoms with E-state index in [0.717, 1.165) is 21.6 Å². The predicted octanol–water partition coefficient (Wildman–Crippen LogP) is 3.34. The van der Waals surface area contributed by atoms with Gasteiger partial charge in [0, 0.05) is 16.9 Å². The zero-order valence-electron chi connectivity index (χ0n) is 12.4. The van der Waals surface area contributed by atoms with Gasteiger partial charge in [0.05, 0.1) is 5.69 Å². The third kappa shape index (κ3) is 2.45. The van der Waals surface area contributed by atoms with Crippen molar-refractivity contribution in [3.8, 4) is 0 Å². The fraction of sp³-hybridized carbons (Fsp3) is 0.222. The van der Waals surface area contributed by atoms with Crippen molar-refractivity contribution < 1.29 is 4.79 Å². The Hall–Kier alpha value is -2.14. The summed E-state index contributed by atoms with van der Waals surface area (Å²) in [6.45, 7) is 0.671. The number of amidine groups is 1. The number of primary amides is 1. The van der Waals surface area contributed by atoms with Gasteiger partial charge in [0.25, 0.3) is 0 Å². The molecule has 1 amide bonds. The number of nitrogens with two attached hydrogens (primary N) is 1. The highest BCUT2D eigenvalue weighted by Crippen LogP contribution is 2.40. The van der Waals surface area contributed by atoms with E-state index < -0.39 is 0 Å². The Labute approximate surface area is 143 Å². The molecule has 0 aliphatic carbocycles. The third-order valence-corrected chi connectivity index (χ3v) is 5.08. The molecule has 1 saturated heterocycles. The normalized spacial score (nSPS) is 22.3. The maximum Gasteiger partial charge on any atom is 0.240 e. The average Bonchev–Trinajstić information content (AvgIpc) is 2.92. The number of benzene rings is 2. The second-order valence-electron chi connectivity index (χ2n) is 5.99. The van der Waals surface area contributed by atoms with E-state index in [4.69, 9.17) is 10.7 Å². The maximum absolute atomic E-state index is 11.9. The van der Waals surface area contributed by atoms with Crippen LogP contribution in [0.5, 0.6) is 0 Å². The van der Waals surface area contributed by atoms with Crippen LogP contribution >= 0.6 is 15.9 Å². The highest BCUT2D eigenvalue weighted by atomic mass is 79.9. The summed E-state index contributed by atoms with van der Waals surface area (Å²) in [5.41, 5.74) is 8.92. The number of carbonyl (C=O) groups is 1. The van der Waals surface area contributed by atoms with Crippen LogP contribution in [0.4, 0.5) is 5.69 Å². The van der Waals surface area contributed by atoms with Gasteiger partial charge in [0.15, 0.2) is 0 Å². The van der Waals surface area contributed by atoms with Crippen molar-refractivity contribution in [1.82, 2.24) is 4.90 Å².